The normalized spacial score (nSPS) is 13.0. The van der Waals surface area contributed by atoms with E-state index in [-0.39, 0.29) is 30.9 Å². The first-order chi connectivity index (χ1) is 13.5. The number of carbonyl (C=O) groups is 2. The van der Waals surface area contributed by atoms with Gasteiger partial charge in [-0.2, -0.15) is 0 Å². The minimum absolute atomic E-state index is 0.0488. The summed E-state index contributed by atoms with van der Waals surface area (Å²) < 4.78 is 0.731. The molecule has 0 atom stereocenters. The van der Waals surface area contributed by atoms with Crippen LogP contribution in [0.15, 0.2) is 36.4 Å². The molecule has 8 heteroatoms. The topological polar surface area (TPSA) is 94.2 Å². The summed E-state index contributed by atoms with van der Waals surface area (Å²) in [5, 5.41) is 14.6. The lowest BCUT2D eigenvalue weighted by Gasteiger charge is -2.10. The van der Waals surface area contributed by atoms with Crippen LogP contribution in [0.25, 0.3) is 10.2 Å². The average Bonchev–Trinajstić information content (AvgIpc) is 3.34. The molecule has 4 rings (SSSR count). The highest BCUT2D eigenvalue weighted by Gasteiger charge is 2.23. The van der Waals surface area contributed by atoms with Crippen LogP contribution in [0.1, 0.15) is 28.0 Å². The maximum absolute atomic E-state index is 12.3. The highest BCUT2D eigenvalue weighted by Crippen LogP contribution is 2.29. The Morgan fingerprint density at radius 1 is 1.25 bits per heavy atom. The van der Waals surface area contributed by atoms with E-state index < -0.39 is 0 Å². The van der Waals surface area contributed by atoms with Gasteiger partial charge in [-0.3, -0.25) is 9.59 Å². The number of H-pyrrole nitrogens is 1. The summed E-state index contributed by atoms with van der Waals surface area (Å²) in [6.07, 6.45) is 2.02. The molecule has 0 aliphatic heterocycles. The van der Waals surface area contributed by atoms with Crippen molar-refractivity contribution in [1.29, 1.82) is 0 Å². The molecule has 6 nitrogen and oxygen atoms in total. The van der Waals surface area contributed by atoms with Crippen LogP contribution in [0.5, 0.6) is 0 Å². The van der Waals surface area contributed by atoms with Crippen LogP contribution in [0.3, 0.4) is 0 Å². The lowest BCUT2D eigenvalue weighted by Crippen LogP contribution is -2.35. The molecule has 0 fully saturated rings. The lowest BCUT2D eigenvalue weighted by atomic mass is 10.1. The van der Waals surface area contributed by atoms with Crippen LogP contribution in [-0.4, -0.2) is 41.6 Å². The lowest BCUT2D eigenvalue weighted by molar-refractivity contribution is -0.121. The third-order valence-electron chi connectivity index (χ3n) is 4.53. The summed E-state index contributed by atoms with van der Waals surface area (Å²) in [4.78, 5) is 26.6. The fourth-order valence-corrected chi connectivity index (χ4v) is 4.29. The van der Waals surface area contributed by atoms with E-state index in [1.807, 2.05) is 24.3 Å². The van der Waals surface area contributed by atoms with Gasteiger partial charge in [-0.1, -0.05) is 35.9 Å². The van der Waals surface area contributed by atoms with Gasteiger partial charge in [0.15, 0.2) is 0 Å². The van der Waals surface area contributed by atoms with Crippen molar-refractivity contribution in [3.05, 3.63) is 57.6 Å². The molecule has 28 heavy (non-hydrogen) atoms. The molecular weight excluding hydrogens is 398 g/mol. The van der Waals surface area contributed by atoms with E-state index in [2.05, 4.69) is 27.8 Å². The van der Waals surface area contributed by atoms with Crippen LogP contribution in [0.4, 0.5) is 0 Å². The molecule has 148 valence electrons. The summed E-state index contributed by atoms with van der Waals surface area (Å²) in [5.41, 5.74) is 3.27. The summed E-state index contributed by atoms with van der Waals surface area (Å²) in [7, 11) is 1.54. The number of halogens is 1. The quantitative estimate of drug-likeness (QED) is 0.523. The van der Waals surface area contributed by atoms with Gasteiger partial charge in [-0.25, -0.2) is 0 Å². The number of thiophene rings is 1. The summed E-state index contributed by atoms with van der Waals surface area (Å²) in [6.45, 7) is -0.0698. The van der Waals surface area contributed by atoms with Crippen molar-refractivity contribution in [2.75, 3.05) is 13.7 Å². The summed E-state index contributed by atoms with van der Waals surface area (Å²) in [5.74, 6) is -0.171. The van der Waals surface area contributed by atoms with Gasteiger partial charge in [0.1, 0.15) is 10.5 Å². The first-order valence-corrected chi connectivity index (χ1v) is 10.2. The smallest absolute Gasteiger partial charge is 0.267 e. The number of hydrogen-bond donors (Lipinski definition) is 4. The largest absolute Gasteiger partial charge is 0.396 e. The molecule has 0 saturated carbocycles. The van der Waals surface area contributed by atoms with E-state index in [9.17, 15) is 9.59 Å². The fraction of sp³-hybridized carbons (Fsp3) is 0.300. The van der Waals surface area contributed by atoms with Crippen LogP contribution >= 0.6 is 22.9 Å². The van der Waals surface area contributed by atoms with Crippen LogP contribution in [0.2, 0.25) is 4.34 Å². The zero-order valence-corrected chi connectivity index (χ0v) is 17.0. The Kier molecular flexibility index (Phi) is 6.72. The number of nitrogens with one attached hydrogen (secondary N) is 3. The second-order valence-corrected chi connectivity index (χ2v) is 8.20. The Labute approximate surface area is 171 Å². The standard InChI is InChI=1S/C16H13ClN2OS.C4H9NO2/c17-14-8-11-7-13(19-16(11)21-14)15(20)18-12-5-9-3-1-2-4-10(9)6-12;1-5-4(7)2-3-6/h1-4,7-8,12,19H,5-6H2,(H,18,20);6H,2-3H2,1H3,(H,5,7). The number of benzene rings is 1. The van der Waals surface area contributed by atoms with Gasteiger partial charge in [0, 0.05) is 24.9 Å². The zero-order chi connectivity index (χ0) is 20.1. The Hall–Kier alpha value is -2.35. The number of aromatic amines is 1. The predicted molar refractivity (Wildman–Crippen MR) is 112 cm³/mol. The third-order valence-corrected chi connectivity index (χ3v) is 5.72. The molecule has 0 radical (unpaired) electrons. The highest BCUT2D eigenvalue weighted by molar-refractivity contribution is 7.22. The van der Waals surface area contributed by atoms with Crippen molar-refractivity contribution in [3.8, 4) is 0 Å². The van der Waals surface area contributed by atoms with Gasteiger partial charge in [0.25, 0.3) is 5.91 Å². The molecule has 0 saturated heterocycles. The number of amides is 2. The average molecular weight is 420 g/mol. The van der Waals surface area contributed by atoms with Crippen LogP contribution < -0.4 is 10.6 Å². The first kappa shape index (κ1) is 20.4. The molecule has 0 bridgehead atoms. The van der Waals surface area contributed by atoms with E-state index in [1.54, 1.807) is 0 Å². The van der Waals surface area contributed by atoms with Crippen molar-refractivity contribution in [2.24, 2.45) is 0 Å². The predicted octanol–water partition coefficient (Wildman–Crippen LogP) is 2.89. The van der Waals surface area contributed by atoms with Crippen LogP contribution in [-0.2, 0) is 17.6 Å². The van der Waals surface area contributed by atoms with Gasteiger partial charge in [-0.15, -0.1) is 11.3 Å². The third kappa shape index (κ3) is 4.92. The molecule has 2 aromatic heterocycles. The molecule has 0 spiro atoms. The number of aliphatic hydroxyl groups excluding tert-OH is 1. The number of hydrogen-bond acceptors (Lipinski definition) is 4. The SMILES string of the molecule is CNC(=O)CCO.O=C(NC1Cc2ccccc2C1)c1cc2cc(Cl)sc2[nH]1. The molecule has 2 amide bonds. The fourth-order valence-electron chi connectivity index (χ4n) is 3.17. The Morgan fingerprint density at radius 2 is 1.93 bits per heavy atom. The maximum Gasteiger partial charge on any atom is 0.267 e. The molecule has 1 aliphatic carbocycles. The Balaban J connectivity index is 0.000000279. The summed E-state index contributed by atoms with van der Waals surface area (Å²) >= 11 is 7.40. The summed E-state index contributed by atoms with van der Waals surface area (Å²) in [6, 6.07) is 12.3. The molecule has 3 aromatic rings. The Morgan fingerprint density at radius 3 is 2.46 bits per heavy atom. The van der Waals surface area contributed by atoms with E-state index in [4.69, 9.17) is 16.7 Å². The molecule has 0 unspecified atom stereocenters. The maximum atomic E-state index is 12.3. The van der Waals surface area contributed by atoms with Crippen LogP contribution in [0, 0.1) is 0 Å². The van der Waals surface area contributed by atoms with Crippen molar-refractivity contribution >= 4 is 45.0 Å². The minimum Gasteiger partial charge on any atom is -0.396 e. The van der Waals surface area contributed by atoms with Crippen molar-refractivity contribution in [1.82, 2.24) is 15.6 Å². The molecular formula is C20H22ClN3O3S. The zero-order valence-electron chi connectivity index (χ0n) is 15.4. The van der Waals surface area contributed by atoms with E-state index in [1.165, 1.54) is 29.5 Å². The number of carbonyl (C=O) groups excluding carboxylic acids is 2. The number of rotatable bonds is 4. The number of fused-ring (bicyclic) bond motifs is 2. The minimum atomic E-state index is -0.123. The van der Waals surface area contributed by atoms with Gasteiger partial charge in [0.05, 0.1) is 10.9 Å². The second kappa shape index (κ2) is 9.23. The molecule has 4 N–H and O–H groups in total. The van der Waals surface area contributed by atoms with E-state index in [0.717, 1.165) is 27.4 Å². The molecule has 2 heterocycles. The van der Waals surface area contributed by atoms with E-state index >= 15 is 0 Å². The monoisotopic (exact) mass is 419 g/mol. The van der Waals surface area contributed by atoms with Gasteiger partial charge in [0.2, 0.25) is 5.91 Å². The number of aliphatic hydroxyl groups is 1. The first-order valence-electron chi connectivity index (χ1n) is 8.97. The van der Waals surface area contributed by atoms with Crippen molar-refractivity contribution < 1.29 is 14.7 Å². The van der Waals surface area contributed by atoms with Gasteiger partial charge >= 0.3 is 0 Å². The Bertz CT molecular complexity index is 926. The number of aromatic nitrogens is 1. The van der Waals surface area contributed by atoms with Crippen molar-refractivity contribution in [2.45, 2.75) is 25.3 Å². The second-order valence-electron chi connectivity index (χ2n) is 6.51. The van der Waals surface area contributed by atoms with Crippen molar-refractivity contribution in [3.63, 3.8) is 0 Å². The van der Waals surface area contributed by atoms with Gasteiger partial charge in [-0.05, 0) is 36.1 Å². The van der Waals surface area contributed by atoms with E-state index in [0.29, 0.717) is 5.69 Å². The van der Waals surface area contributed by atoms with Gasteiger partial charge < -0.3 is 20.7 Å². The molecule has 1 aliphatic rings. The molecule has 1 aromatic carbocycles. The highest BCUT2D eigenvalue weighted by atomic mass is 35.5.